The van der Waals surface area contributed by atoms with Crippen molar-refractivity contribution < 1.29 is 28.6 Å². The van der Waals surface area contributed by atoms with Crippen LogP contribution in [0.2, 0.25) is 0 Å². The summed E-state index contributed by atoms with van der Waals surface area (Å²) in [5.41, 5.74) is 0. The predicted molar refractivity (Wildman–Crippen MR) is 288 cm³/mol. The standard InChI is InChI=1S/C61H106O6/c1-4-7-10-13-16-19-22-25-27-29-30-32-33-36-39-42-45-48-51-54-60(63)66-57-58(56-65-59(62)53-50-47-44-41-38-35-24-21-18-15-12-9-6-3)67-61(64)55-52-49-46-43-40-37-34-31-28-26-23-20-17-14-11-8-5-2/h8,11,17,20,25-28,34,37,43,46,58H,4-7,9-10,12-16,18-19,21-24,29-33,35-36,38-42,44-45,47-57H2,1-3H3/b11-8+,20-17+,27-25+,28-26+,37-34+,46-43+/t58-/m1/s1. The molecule has 67 heavy (non-hydrogen) atoms. The number of carbonyl (C=O) groups excluding carboxylic acids is 3. The smallest absolute Gasteiger partial charge is 0.306 e. The van der Waals surface area contributed by atoms with Gasteiger partial charge in [0, 0.05) is 19.3 Å². The third-order valence-corrected chi connectivity index (χ3v) is 12.2. The Morgan fingerprint density at radius 1 is 0.313 bits per heavy atom. The molecule has 0 unspecified atom stereocenters. The molecule has 0 aliphatic heterocycles. The number of allylic oxidation sites excluding steroid dienone is 12. The molecule has 0 spiro atoms. The van der Waals surface area contributed by atoms with Crippen molar-refractivity contribution in [2.24, 2.45) is 0 Å². The van der Waals surface area contributed by atoms with Gasteiger partial charge in [-0.3, -0.25) is 14.4 Å². The average Bonchev–Trinajstić information content (AvgIpc) is 3.33. The third-order valence-electron chi connectivity index (χ3n) is 12.2. The molecule has 0 saturated heterocycles. The van der Waals surface area contributed by atoms with Crippen molar-refractivity contribution in [2.45, 2.75) is 284 Å². The summed E-state index contributed by atoms with van der Waals surface area (Å²) in [6.45, 7) is 6.49. The molecule has 0 radical (unpaired) electrons. The summed E-state index contributed by atoms with van der Waals surface area (Å²) >= 11 is 0. The molecule has 0 rings (SSSR count). The second-order valence-corrected chi connectivity index (χ2v) is 18.8. The van der Waals surface area contributed by atoms with E-state index in [-0.39, 0.29) is 37.5 Å². The Labute approximate surface area is 414 Å². The van der Waals surface area contributed by atoms with Crippen molar-refractivity contribution in [3.8, 4) is 0 Å². The molecular weight excluding hydrogens is 829 g/mol. The molecule has 0 bridgehead atoms. The van der Waals surface area contributed by atoms with Crippen LogP contribution in [0.3, 0.4) is 0 Å². The van der Waals surface area contributed by atoms with E-state index in [1.807, 2.05) is 0 Å². The summed E-state index contributed by atoms with van der Waals surface area (Å²) in [7, 11) is 0. The van der Waals surface area contributed by atoms with Gasteiger partial charge in [-0.15, -0.1) is 0 Å². The lowest BCUT2D eigenvalue weighted by molar-refractivity contribution is -0.167. The lowest BCUT2D eigenvalue weighted by atomic mass is 10.0. The summed E-state index contributed by atoms with van der Waals surface area (Å²) in [4.78, 5) is 38.1. The Morgan fingerprint density at radius 3 is 0.970 bits per heavy atom. The van der Waals surface area contributed by atoms with E-state index in [2.05, 4.69) is 93.7 Å². The van der Waals surface area contributed by atoms with Gasteiger partial charge in [0.25, 0.3) is 0 Å². The molecule has 0 N–H and O–H groups in total. The van der Waals surface area contributed by atoms with Crippen molar-refractivity contribution in [1.29, 1.82) is 0 Å². The normalized spacial score (nSPS) is 12.6. The highest BCUT2D eigenvalue weighted by atomic mass is 16.6. The van der Waals surface area contributed by atoms with Crippen LogP contribution in [-0.2, 0) is 28.6 Å². The summed E-state index contributed by atoms with van der Waals surface area (Å²) in [5, 5.41) is 0. The first kappa shape index (κ1) is 63.8. The highest BCUT2D eigenvalue weighted by molar-refractivity contribution is 5.71. The second-order valence-electron chi connectivity index (χ2n) is 18.8. The minimum absolute atomic E-state index is 0.0962. The molecule has 386 valence electrons. The van der Waals surface area contributed by atoms with Crippen molar-refractivity contribution in [3.63, 3.8) is 0 Å². The van der Waals surface area contributed by atoms with Crippen LogP contribution in [0, 0.1) is 0 Å². The molecule has 0 aromatic rings. The highest BCUT2D eigenvalue weighted by Crippen LogP contribution is 2.15. The predicted octanol–water partition coefficient (Wildman–Crippen LogP) is 19.0. The Hall–Kier alpha value is -3.15. The van der Waals surface area contributed by atoms with Crippen molar-refractivity contribution >= 4 is 17.9 Å². The van der Waals surface area contributed by atoms with Gasteiger partial charge in [0.2, 0.25) is 0 Å². The monoisotopic (exact) mass is 935 g/mol. The largest absolute Gasteiger partial charge is 0.462 e. The number of esters is 3. The van der Waals surface area contributed by atoms with Gasteiger partial charge in [0.15, 0.2) is 6.10 Å². The van der Waals surface area contributed by atoms with E-state index in [1.54, 1.807) is 0 Å². The van der Waals surface area contributed by atoms with Gasteiger partial charge in [-0.25, -0.2) is 0 Å². The highest BCUT2D eigenvalue weighted by Gasteiger charge is 2.19. The lowest BCUT2D eigenvalue weighted by Crippen LogP contribution is -2.30. The summed E-state index contributed by atoms with van der Waals surface area (Å²) < 4.78 is 16.8. The van der Waals surface area contributed by atoms with Gasteiger partial charge in [0.1, 0.15) is 13.2 Å². The van der Waals surface area contributed by atoms with Crippen molar-refractivity contribution in [2.75, 3.05) is 13.2 Å². The second kappa shape index (κ2) is 55.4. The van der Waals surface area contributed by atoms with Gasteiger partial charge >= 0.3 is 17.9 Å². The molecule has 0 aromatic heterocycles. The first-order chi connectivity index (χ1) is 33.0. The first-order valence-corrected chi connectivity index (χ1v) is 28.4. The number of hydrogen-bond donors (Lipinski definition) is 0. The summed E-state index contributed by atoms with van der Waals surface area (Å²) in [6, 6.07) is 0. The summed E-state index contributed by atoms with van der Waals surface area (Å²) in [6.07, 6.45) is 70.4. The Kier molecular flexibility index (Phi) is 52.8. The van der Waals surface area contributed by atoms with E-state index in [1.165, 1.54) is 154 Å². The van der Waals surface area contributed by atoms with Crippen LogP contribution in [-0.4, -0.2) is 37.2 Å². The fraction of sp³-hybridized carbons (Fsp3) is 0.754. The van der Waals surface area contributed by atoms with E-state index in [0.29, 0.717) is 19.3 Å². The zero-order valence-electron chi connectivity index (χ0n) is 44.2. The van der Waals surface area contributed by atoms with E-state index in [0.717, 1.165) is 77.0 Å². The Balaban J connectivity index is 4.43. The topological polar surface area (TPSA) is 78.9 Å². The number of unbranched alkanes of at least 4 members (excludes halogenated alkanes) is 28. The molecule has 1 atom stereocenters. The first-order valence-electron chi connectivity index (χ1n) is 28.4. The molecule has 6 heteroatoms. The molecule has 0 saturated carbocycles. The van der Waals surface area contributed by atoms with Crippen LogP contribution in [0.25, 0.3) is 0 Å². The fourth-order valence-electron chi connectivity index (χ4n) is 7.94. The van der Waals surface area contributed by atoms with Crippen LogP contribution in [0.15, 0.2) is 72.9 Å². The molecule has 6 nitrogen and oxygen atoms in total. The number of ether oxygens (including phenoxy) is 3. The molecular formula is C61H106O6. The molecule has 0 aliphatic carbocycles. The SMILES string of the molecule is CC/C=C/C/C=C/C/C=C/C/C=C/C/C=C/CCCC(=O)O[C@@H](COC(=O)CCCCCCCCCCC/C=C/CCCCCCCC)COC(=O)CCCCCCCCCCCCCCC. The number of hydrogen-bond acceptors (Lipinski definition) is 6. The van der Waals surface area contributed by atoms with Crippen LogP contribution in [0.5, 0.6) is 0 Å². The van der Waals surface area contributed by atoms with Gasteiger partial charge in [-0.05, 0) is 83.5 Å². The third kappa shape index (κ3) is 53.7. The van der Waals surface area contributed by atoms with E-state index < -0.39 is 6.10 Å². The van der Waals surface area contributed by atoms with Crippen LogP contribution in [0.1, 0.15) is 278 Å². The molecule has 0 fully saturated rings. The van der Waals surface area contributed by atoms with Crippen LogP contribution >= 0.6 is 0 Å². The summed E-state index contributed by atoms with van der Waals surface area (Å²) in [5.74, 6) is -0.949. The fourth-order valence-corrected chi connectivity index (χ4v) is 7.94. The maximum absolute atomic E-state index is 12.8. The number of carbonyl (C=O) groups is 3. The van der Waals surface area contributed by atoms with Crippen LogP contribution in [0.4, 0.5) is 0 Å². The van der Waals surface area contributed by atoms with E-state index >= 15 is 0 Å². The van der Waals surface area contributed by atoms with Gasteiger partial charge < -0.3 is 14.2 Å². The minimum atomic E-state index is -0.804. The van der Waals surface area contributed by atoms with Crippen LogP contribution < -0.4 is 0 Å². The van der Waals surface area contributed by atoms with Gasteiger partial charge in [-0.2, -0.15) is 0 Å². The average molecular weight is 936 g/mol. The van der Waals surface area contributed by atoms with Gasteiger partial charge in [0.05, 0.1) is 0 Å². The molecule has 0 aliphatic rings. The number of rotatable bonds is 51. The maximum Gasteiger partial charge on any atom is 0.306 e. The van der Waals surface area contributed by atoms with E-state index in [4.69, 9.17) is 14.2 Å². The lowest BCUT2D eigenvalue weighted by Gasteiger charge is -2.18. The zero-order valence-corrected chi connectivity index (χ0v) is 44.2. The maximum atomic E-state index is 12.8. The zero-order chi connectivity index (χ0) is 48.6. The molecule has 0 aromatic carbocycles. The van der Waals surface area contributed by atoms with E-state index in [9.17, 15) is 14.4 Å². The van der Waals surface area contributed by atoms with Crippen molar-refractivity contribution in [1.82, 2.24) is 0 Å². The van der Waals surface area contributed by atoms with Gasteiger partial charge in [-0.1, -0.05) is 248 Å². The quantitative estimate of drug-likeness (QED) is 0.0262. The molecule has 0 heterocycles. The molecule has 0 amide bonds. The Bertz CT molecular complexity index is 1260. The van der Waals surface area contributed by atoms with Crippen molar-refractivity contribution in [3.05, 3.63) is 72.9 Å². The Morgan fingerprint density at radius 2 is 0.597 bits per heavy atom. The minimum Gasteiger partial charge on any atom is -0.462 e.